The summed E-state index contributed by atoms with van der Waals surface area (Å²) in [6, 6.07) is 10.4. The van der Waals surface area contributed by atoms with E-state index in [-0.39, 0.29) is 34.7 Å². The van der Waals surface area contributed by atoms with Crippen LogP contribution in [-0.4, -0.2) is 20.7 Å². The molecule has 1 aromatic carbocycles. The van der Waals surface area contributed by atoms with E-state index in [2.05, 4.69) is 15.4 Å². The number of carbonyl (C=O) groups is 1. The average molecular weight is 410 g/mol. The molecule has 0 bridgehead atoms. The number of aryl methyl sites for hydroxylation is 3. The minimum absolute atomic E-state index is 0.158. The van der Waals surface area contributed by atoms with E-state index in [0.29, 0.717) is 17.1 Å². The topological polar surface area (TPSA) is 73.0 Å². The molecule has 4 rings (SSSR count). The van der Waals surface area contributed by atoms with Gasteiger partial charge in [-0.3, -0.25) is 4.79 Å². The van der Waals surface area contributed by atoms with Gasteiger partial charge in [0.25, 0.3) is 6.43 Å². The molecule has 0 saturated heterocycles. The minimum atomic E-state index is -2.72. The normalized spacial score (nSPS) is 11.4. The molecule has 0 unspecified atom stereocenters. The van der Waals surface area contributed by atoms with Gasteiger partial charge in [0.1, 0.15) is 12.2 Å². The van der Waals surface area contributed by atoms with Gasteiger partial charge in [-0.15, -0.1) is 0 Å². The SMILES string of the molecule is Cc1ccc(C)c(NC(=O)Cn2nc(C)c3c(C(F)F)cc(-c4ccco4)nc32)c1. The Morgan fingerprint density at radius 1 is 1.20 bits per heavy atom. The second-order valence-corrected chi connectivity index (χ2v) is 7.18. The molecule has 0 saturated carbocycles. The molecule has 30 heavy (non-hydrogen) atoms. The predicted octanol–water partition coefficient (Wildman–Crippen LogP) is 5.19. The van der Waals surface area contributed by atoms with E-state index in [1.807, 2.05) is 32.0 Å². The summed E-state index contributed by atoms with van der Waals surface area (Å²) in [6.45, 7) is 5.30. The van der Waals surface area contributed by atoms with E-state index in [0.717, 1.165) is 11.1 Å². The minimum Gasteiger partial charge on any atom is -0.463 e. The molecule has 1 N–H and O–H groups in total. The number of benzene rings is 1. The maximum atomic E-state index is 13.8. The van der Waals surface area contributed by atoms with E-state index >= 15 is 0 Å². The third kappa shape index (κ3) is 3.68. The molecule has 4 aromatic rings. The zero-order valence-electron chi connectivity index (χ0n) is 16.7. The fraction of sp³-hybridized carbons (Fsp3) is 0.227. The number of nitrogens with zero attached hydrogens (tertiary/aromatic N) is 3. The van der Waals surface area contributed by atoms with E-state index in [1.165, 1.54) is 17.0 Å². The number of halogens is 2. The number of anilines is 1. The van der Waals surface area contributed by atoms with Crippen LogP contribution in [0.25, 0.3) is 22.5 Å². The summed E-state index contributed by atoms with van der Waals surface area (Å²) in [4.78, 5) is 17.1. The lowest BCUT2D eigenvalue weighted by Gasteiger charge is -2.10. The zero-order valence-corrected chi connectivity index (χ0v) is 16.7. The van der Waals surface area contributed by atoms with Gasteiger partial charge in [-0.05, 0) is 56.2 Å². The largest absolute Gasteiger partial charge is 0.463 e. The van der Waals surface area contributed by atoms with Crippen LogP contribution in [0.3, 0.4) is 0 Å². The van der Waals surface area contributed by atoms with Crippen molar-refractivity contribution in [1.29, 1.82) is 0 Å². The van der Waals surface area contributed by atoms with Gasteiger partial charge in [0.15, 0.2) is 11.4 Å². The van der Waals surface area contributed by atoms with Gasteiger partial charge in [-0.25, -0.2) is 18.4 Å². The van der Waals surface area contributed by atoms with Crippen molar-refractivity contribution in [1.82, 2.24) is 14.8 Å². The van der Waals surface area contributed by atoms with Crippen LogP contribution >= 0.6 is 0 Å². The number of fused-ring (bicyclic) bond motifs is 1. The molecular weight excluding hydrogens is 390 g/mol. The number of rotatable bonds is 5. The molecule has 0 aliphatic carbocycles. The molecule has 0 aliphatic heterocycles. The number of hydrogen-bond donors (Lipinski definition) is 1. The van der Waals surface area contributed by atoms with Crippen LogP contribution in [0.4, 0.5) is 14.5 Å². The molecule has 1 amide bonds. The highest BCUT2D eigenvalue weighted by atomic mass is 19.3. The van der Waals surface area contributed by atoms with E-state index in [4.69, 9.17) is 4.42 Å². The first-order valence-electron chi connectivity index (χ1n) is 9.40. The Labute approximate surface area is 171 Å². The number of nitrogens with one attached hydrogen (secondary N) is 1. The van der Waals surface area contributed by atoms with Gasteiger partial charge in [-0.2, -0.15) is 5.10 Å². The Kier molecular flexibility index (Phi) is 5.07. The Bertz CT molecular complexity index is 1230. The number of pyridine rings is 1. The zero-order chi connectivity index (χ0) is 21.4. The summed E-state index contributed by atoms with van der Waals surface area (Å²) >= 11 is 0. The van der Waals surface area contributed by atoms with Gasteiger partial charge in [-0.1, -0.05) is 12.1 Å². The standard InChI is InChI=1S/C22H20F2N4O2/c1-12-6-7-13(2)16(9-12)25-19(29)11-28-22-20(14(3)27-28)15(21(23)24)10-17(26-22)18-5-4-8-30-18/h4-10,21H,11H2,1-3H3,(H,25,29). The molecule has 6 nitrogen and oxygen atoms in total. The molecule has 0 fully saturated rings. The van der Waals surface area contributed by atoms with Crippen molar-refractivity contribution in [3.05, 3.63) is 65.0 Å². The number of alkyl halides is 2. The van der Waals surface area contributed by atoms with Crippen molar-refractivity contribution in [2.45, 2.75) is 33.7 Å². The number of carbonyl (C=O) groups excluding carboxylic acids is 1. The van der Waals surface area contributed by atoms with Crippen molar-refractivity contribution in [2.75, 3.05) is 5.32 Å². The van der Waals surface area contributed by atoms with Crippen molar-refractivity contribution >= 4 is 22.6 Å². The smallest absolute Gasteiger partial charge is 0.264 e. The van der Waals surface area contributed by atoms with Crippen molar-refractivity contribution in [2.24, 2.45) is 0 Å². The Hall–Kier alpha value is -3.55. The number of aromatic nitrogens is 3. The highest BCUT2D eigenvalue weighted by Crippen LogP contribution is 2.33. The first-order chi connectivity index (χ1) is 14.3. The molecule has 8 heteroatoms. The van der Waals surface area contributed by atoms with Crippen molar-refractivity contribution < 1.29 is 18.0 Å². The number of furan rings is 1. The quantitative estimate of drug-likeness (QED) is 0.491. The summed E-state index contributed by atoms with van der Waals surface area (Å²) in [5, 5.41) is 7.41. The maximum Gasteiger partial charge on any atom is 0.264 e. The summed E-state index contributed by atoms with van der Waals surface area (Å²) in [5.41, 5.74) is 3.32. The first kappa shape index (κ1) is 19.8. The van der Waals surface area contributed by atoms with Crippen LogP contribution < -0.4 is 5.32 Å². The Morgan fingerprint density at radius 2 is 2.00 bits per heavy atom. The van der Waals surface area contributed by atoms with E-state index in [1.54, 1.807) is 19.1 Å². The first-order valence-corrected chi connectivity index (χ1v) is 9.40. The number of hydrogen-bond acceptors (Lipinski definition) is 4. The fourth-order valence-electron chi connectivity index (χ4n) is 3.42. The monoisotopic (exact) mass is 410 g/mol. The lowest BCUT2D eigenvalue weighted by molar-refractivity contribution is -0.116. The third-order valence-corrected chi connectivity index (χ3v) is 4.88. The highest BCUT2D eigenvalue weighted by Gasteiger charge is 2.22. The Morgan fingerprint density at radius 3 is 2.70 bits per heavy atom. The molecule has 3 heterocycles. The molecular formula is C22H20F2N4O2. The van der Waals surface area contributed by atoms with E-state index in [9.17, 15) is 13.6 Å². The van der Waals surface area contributed by atoms with Crippen LogP contribution in [0, 0.1) is 20.8 Å². The molecule has 0 radical (unpaired) electrons. The van der Waals surface area contributed by atoms with Crippen LogP contribution in [0.2, 0.25) is 0 Å². The summed E-state index contributed by atoms with van der Waals surface area (Å²) in [7, 11) is 0. The van der Waals surface area contributed by atoms with Crippen LogP contribution in [-0.2, 0) is 11.3 Å². The van der Waals surface area contributed by atoms with Gasteiger partial charge in [0.2, 0.25) is 5.91 Å². The van der Waals surface area contributed by atoms with Gasteiger partial charge < -0.3 is 9.73 Å². The van der Waals surface area contributed by atoms with Crippen LogP contribution in [0.15, 0.2) is 47.1 Å². The molecule has 0 atom stereocenters. The van der Waals surface area contributed by atoms with Crippen LogP contribution in [0.1, 0.15) is 28.8 Å². The number of amides is 1. The van der Waals surface area contributed by atoms with Crippen molar-refractivity contribution in [3.63, 3.8) is 0 Å². The summed E-state index contributed by atoms with van der Waals surface area (Å²) in [5.74, 6) is 0.0425. The second-order valence-electron chi connectivity index (χ2n) is 7.18. The van der Waals surface area contributed by atoms with Gasteiger partial charge in [0.05, 0.1) is 17.3 Å². The van der Waals surface area contributed by atoms with E-state index < -0.39 is 6.43 Å². The summed E-state index contributed by atoms with van der Waals surface area (Å²) in [6.07, 6.45) is -1.27. The fourth-order valence-corrected chi connectivity index (χ4v) is 3.42. The van der Waals surface area contributed by atoms with Crippen molar-refractivity contribution in [3.8, 4) is 11.5 Å². The highest BCUT2D eigenvalue weighted by molar-refractivity contribution is 5.93. The maximum absolute atomic E-state index is 13.8. The van der Waals surface area contributed by atoms with Gasteiger partial charge >= 0.3 is 0 Å². The molecule has 0 aliphatic rings. The lowest BCUT2D eigenvalue weighted by atomic mass is 10.1. The molecule has 154 valence electrons. The average Bonchev–Trinajstić information content (AvgIpc) is 3.33. The third-order valence-electron chi connectivity index (χ3n) is 4.88. The lowest BCUT2D eigenvalue weighted by Crippen LogP contribution is -2.20. The predicted molar refractivity (Wildman–Crippen MR) is 109 cm³/mol. The Balaban J connectivity index is 1.74. The molecule has 0 spiro atoms. The second kappa shape index (κ2) is 7.70. The molecule has 3 aromatic heterocycles. The van der Waals surface area contributed by atoms with Crippen LogP contribution in [0.5, 0.6) is 0 Å². The van der Waals surface area contributed by atoms with Gasteiger partial charge in [0, 0.05) is 11.3 Å². The summed E-state index contributed by atoms with van der Waals surface area (Å²) < 4.78 is 34.2.